The number of nitrogens with zero attached hydrogens (tertiary/aromatic N) is 8. The summed E-state index contributed by atoms with van der Waals surface area (Å²) in [6.45, 7) is 0. The van der Waals surface area contributed by atoms with Gasteiger partial charge in [0, 0.05) is 107 Å². The number of aromatic nitrogens is 8. The molecule has 580 valence electrons. The molecule has 10 heteroatoms. The number of fused-ring (bicyclic) bond motifs is 12. The molecule has 0 fully saturated rings. The van der Waals surface area contributed by atoms with Crippen LogP contribution in [0.2, 0.25) is 0 Å². The summed E-state index contributed by atoms with van der Waals surface area (Å²) in [5.74, 6) is 3.75. The molecule has 8 nitrogen and oxygen atoms in total. The molecule has 24 aromatic rings. The molecule has 0 atom stereocenters. The summed E-state index contributed by atoms with van der Waals surface area (Å²) in [4.78, 5) is 30.8. The van der Waals surface area contributed by atoms with E-state index >= 15 is 0 Å². The van der Waals surface area contributed by atoms with Crippen molar-refractivity contribution in [2.45, 2.75) is 0 Å². The third-order valence-corrected chi connectivity index (χ3v) is 26.2. The molecular formula is C114H72N8S2. The van der Waals surface area contributed by atoms with Crippen LogP contribution in [-0.2, 0) is 0 Å². The maximum absolute atomic E-state index is 5.24. The molecule has 0 aliphatic rings. The molecule has 124 heavy (non-hydrogen) atoms. The zero-order chi connectivity index (χ0) is 82.0. The lowest BCUT2D eigenvalue weighted by Crippen LogP contribution is -2.02. The maximum Gasteiger partial charge on any atom is 0.164 e. The minimum Gasteiger partial charge on any atom is -0.309 e. The molecule has 0 bridgehead atoms. The predicted octanol–water partition coefficient (Wildman–Crippen LogP) is 30.7. The molecule has 0 N–H and O–H groups in total. The average molecular weight is 1620 g/mol. The van der Waals surface area contributed by atoms with Gasteiger partial charge in [-0.3, -0.25) is 0 Å². The van der Waals surface area contributed by atoms with E-state index in [0.717, 1.165) is 111 Å². The Labute approximate surface area is 723 Å². The van der Waals surface area contributed by atoms with Gasteiger partial charge in [-0.25, -0.2) is 29.9 Å². The van der Waals surface area contributed by atoms with E-state index in [-0.39, 0.29) is 0 Å². The smallest absolute Gasteiger partial charge is 0.164 e. The first-order chi connectivity index (χ1) is 61.5. The molecule has 0 unspecified atom stereocenters. The topological polar surface area (TPSA) is 87.2 Å². The fourth-order valence-corrected chi connectivity index (χ4v) is 20.5. The van der Waals surface area contributed by atoms with E-state index in [2.05, 4.69) is 373 Å². The van der Waals surface area contributed by atoms with Gasteiger partial charge in [0.15, 0.2) is 34.9 Å². The first kappa shape index (κ1) is 73.2. The second-order valence-electron chi connectivity index (χ2n) is 31.1. The monoisotopic (exact) mass is 1620 g/mol. The Morgan fingerprint density at radius 3 is 0.952 bits per heavy atom. The fourth-order valence-electron chi connectivity index (χ4n) is 18.0. The molecule has 0 saturated heterocycles. The highest BCUT2D eigenvalue weighted by atomic mass is 32.1. The van der Waals surface area contributed by atoms with Crippen LogP contribution in [0.5, 0.6) is 0 Å². The molecule has 24 rings (SSSR count). The Bertz CT molecular complexity index is 8110. The summed E-state index contributed by atoms with van der Waals surface area (Å²) in [6, 6.07) is 155. The van der Waals surface area contributed by atoms with Crippen LogP contribution in [0.1, 0.15) is 0 Å². The molecule has 6 aromatic heterocycles. The van der Waals surface area contributed by atoms with E-state index in [1.807, 2.05) is 95.5 Å². The van der Waals surface area contributed by atoms with Crippen molar-refractivity contribution in [3.63, 3.8) is 0 Å². The Hall–Kier alpha value is -16.0. The van der Waals surface area contributed by atoms with Crippen molar-refractivity contribution in [3.05, 3.63) is 437 Å². The number of hydrogen-bond donors (Lipinski definition) is 0. The second-order valence-corrected chi connectivity index (χ2v) is 33.2. The van der Waals surface area contributed by atoms with Crippen molar-refractivity contribution in [2.75, 3.05) is 0 Å². The molecule has 0 aliphatic carbocycles. The Balaban J connectivity index is 0.000000143. The number of para-hydroxylation sites is 2. The van der Waals surface area contributed by atoms with Gasteiger partial charge in [-0.1, -0.05) is 364 Å². The van der Waals surface area contributed by atoms with Gasteiger partial charge in [-0.05, 0) is 134 Å². The first-order valence-corrected chi connectivity index (χ1v) is 43.3. The molecule has 0 saturated carbocycles. The molecule has 0 spiro atoms. The van der Waals surface area contributed by atoms with Crippen LogP contribution in [-0.4, -0.2) is 39.0 Å². The minimum absolute atomic E-state index is 0.614. The summed E-state index contributed by atoms with van der Waals surface area (Å²) in [7, 11) is 0. The Kier molecular flexibility index (Phi) is 18.5. The van der Waals surface area contributed by atoms with Gasteiger partial charge in [-0.15, -0.1) is 22.7 Å². The van der Waals surface area contributed by atoms with Crippen LogP contribution in [0, 0.1) is 0 Å². The van der Waals surface area contributed by atoms with Crippen LogP contribution in [0.3, 0.4) is 0 Å². The van der Waals surface area contributed by atoms with Crippen molar-refractivity contribution in [1.29, 1.82) is 0 Å². The van der Waals surface area contributed by atoms with E-state index in [1.165, 1.54) is 84.1 Å². The molecule has 0 amide bonds. The van der Waals surface area contributed by atoms with Gasteiger partial charge < -0.3 is 9.13 Å². The van der Waals surface area contributed by atoms with Crippen molar-refractivity contribution < 1.29 is 0 Å². The van der Waals surface area contributed by atoms with Crippen molar-refractivity contribution in [2.24, 2.45) is 0 Å². The Morgan fingerprint density at radius 2 is 0.492 bits per heavy atom. The summed E-state index contributed by atoms with van der Waals surface area (Å²) in [5.41, 5.74) is 26.0. The third kappa shape index (κ3) is 13.2. The van der Waals surface area contributed by atoms with Crippen LogP contribution in [0.4, 0.5) is 0 Å². The zero-order valence-corrected chi connectivity index (χ0v) is 68.6. The second kappa shape index (κ2) is 31.3. The number of thiophene rings is 2. The average Bonchev–Trinajstić information content (AvgIpc) is 1.57. The van der Waals surface area contributed by atoms with Crippen molar-refractivity contribution in [3.8, 4) is 146 Å². The van der Waals surface area contributed by atoms with Gasteiger partial charge >= 0.3 is 0 Å². The van der Waals surface area contributed by atoms with Crippen molar-refractivity contribution in [1.82, 2.24) is 39.0 Å². The molecule has 18 aromatic carbocycles. The van der Waals surface area contributed by atoms with Gasteiger partial charge in [0.1, 0.15) is 0 Å². The molecule has 6 heterocycles. The van der Waals surface area contributed by atoms with E-state index in [1.54, 1.807) is 0 Å². The quantitative estimate of drug-likeness (QED) is 0.108. The summed E-state index contributed by atoms with van der Waals surface area (Å²) < 4.78 is 10.1. The minimum atomic E-state index is 0.614. The lowest BCUT2D eigenvalue weighted by Gasteiger charge is -2.19. The van der Waals surface area contributed by atoms with E-state index in [0.29, 0.717) is 34.9 Å². The zero-order valence-electron chi connectivity index (χ0n) is 67.0. The number of benzene rings is 18. The van der Waals surface area contributed by atoms with Crippen LogP contribution < -0.4 is 0 Å². The molecular weight excluding hydrogens is 1550 g/mol. The number of hydrogen-bond acceptors (Lipinski definition) is 8. The molecule has 0 aliphatic heterocycles. The van der Waals surface area contributed by atoms with Gasteiger partial charge in [0.2, 0.25) is 0 Å². The maximum atomic E-state index is 5.24. The lowest BCUT2D eigenvalue weighted by molar-refractivity contribution is 1.07. The van der Waals surface area contributed by atoms with Gasteiger partial charge in [0.25, 0.3) is 0 Å². The first-order valence-electron chi connectivity index (χ1n) is 41.7. The van der Waals surface area contributed by atoms with Crippen LogP contribution in [0.15, 0.2) is 437 Å². The molecule has 0 radical (unpaired) electrons. The Morgan fingerprint density at radius 1 is 0.161 bits per heavy atom. The lowest BCUT2D eigenvalue weighted by atomic mass is 9.91. The normalized spacial score (nSPS) is 11.5. The summed E-state index contributed by atoms with van der Waals surface area (Å²) in [6.07, 6.45) is 0. The van der Waals surface area contributed by atoms with E-state index < -0.39 is 0 Å². The highest BCUT2D eigenvalue weighted by molar-refractivity contribution is 7.26. The van der Waals surface area contributed by atoms with Crippen LogP contribution >= 0.6 is 22.7 Å². The van der Waals surface area contributed by atoms with E-state index in [9.17, 15) is 0 Å². The third-order valence-electron chi connectivity index (χ3n) is 23.8. The highest BCUT2D eigenvalue weighted by Crippen LogP contribution is 2.48. The fraction of sp³-hybridized carbons (Fsp3) is 0. The highest BCUT2D eigenvalue weighted by Gasteiger charge is 2.26. The van der Waals surface area contributed by atoms with Crippen molar-refractivity contribution >= 4 is 107 Å². The SMILES string of the molecule is c1ccc(-c2nc(-c3ccccc3)nc(-c3ccc(-n4c5ccccc5c5ccc(-c6cccc7c6sc6ccccc67)cc54)c(-c4ccccc4-c4ccccc4)c3)n2)cc1.c1ccc(-c2nc(-c3ccccc3)nc(-c3ccc(-n4c5ccccc5c5ccc(-c6cccc7c6sc6ccccc67)cc54)cc3-c3ccccc3-c3ccccc3)n2)cc1. The largest absolute Gasteiger partial charge is 0.309 e. The summed E-state index contributed by atoms with van der Waals surface area (Å²) in [5, 5.41) is 10.0. The van der Waals surface area contributed by atoms with Crippen LogP contribution in [0.25, 0.3) is 230 Å². The number of rotatable bonds is 14. The predicted molar refractivity (Wildman–Crippen MR) is 519 cm³/mol. The van der Waals surface area contributed by atoms with Gasteiger partial charge in [0.05, 0.1) is 27.8 Å². The van der Waals surface area contributed by atoms with Gasteiger partial charge in [-0.2, -0.15) is 0 Å². The standard InChI is InChI=1S/2C57H36N4S/c1-4-17-37(18-5-1)42-23-10-11-24-44(42)49-35-41(57-59-55(38-19-6-2-7-20-38)58-56(60-57)39-21-8-3-9-22-39)32-34-51(49)61-50-29-14-12-25-45(50)46-33-31-40(36-52(46)61)43-27-16-28-48-47-26-13-15-30-53(47)62-54(43)48;1-4-17-37(18-5-1)42-23-10-11-24-44(42)50-36-41(32-34-49(50)57-59-55(38-19-6-2-7-20-38)58-56(60-57)39-21-8-3-9-22-39)61-51-29-14-12-25-45(51)46-33-31-40(35-52(46)61)43-27-16-28-48-47-26-13-15-30-53(47)62-54(43)48/h2*1-36H. The van der Waals surface area contributed by atoms with E-state index in [4.69, 9.17) is 29.9 Å². The summed E-state index contributed by atoms with van der Waals surface area (Å²) >= 11 is 3.74.